The van der Waals surface area contributed by atoms with Crippen LogP contribution in [0.4, 0.5) is 0 Å². The van der Waals surface area contributed by atoms with Crippen molar-refractivity contribution in [3.05, 3.63) is 89.8 Å². The molecule has 2 heterocycles. The van der Waals surface area contributed by atoms with Gasteiger partial charge in [0.25, 0.3) is 5.91 Å². The molecule has 34 heavy (non-hydrogen) atoms. The highest BCUT2D eigenvalue weighted by Gasteiger charge is 2.28. The Balaban J connectivity index is 1.34. The molecular formula is C25H24N4O4S. The third-order valence-electron chi connectivity index (χ3n) is 5.54. The van der Waals surface area contributed by atoms with E-state index in [-0.39, 0.29) is 23.4 Å². The van der Waals surface area contributed by atoms with Crippen molar-refractivity contribution in [3.63, 3.8) is 0 Å². The quantitative estimate of drug-likeness (QED) is 0.402. The van der Waals surface area contributed by atoms with E-state index < -0.39 is 10.0 Å². The molecule has 174 valence electrons. The number of para-hydroxylation sites is 1. The molecule has 4 aromatic rings. The van der Waals surface area contributed by atoms with Crippen molar-refractivity contribution in [2.24, 2.45) is 0 Å². The van der Waals surface area contributed by atoms with Gasteiger partial charge in [-0.1, -0.05) is 30.3 Å². The van der Waals surface area contributed by atoms with E-state index in [1.165, 1.54) is 0 Å². The fourth-order valence-corrected chi connectivity index (χ4v) is 4.85. The predicted octanol–water partition coefficient (Wildman–Crippen LogP) is 3.81. The number of nitrogens with one attached hydrogen (secondary N) is 2. The molecule has 0 bridgehead atoms. The highest BCUT2D eigenvalue weighted by Crippen LogP contribution is 2.26. The number of hydrogen-bond acceptors (Lipinski definition) is 5. The van der Waals surface area contributed by atoms with Gasteiger partial charge >= 0.3 is 0 Å². The van der Waals surface area contributed by atoms with Gasteiger partial charge in [-0.15, -0.1) is 0 Å². The van der Waals surface area contributed by atoms with Crippen molar-refractivity contribution in [1.82, 2.24) is 19.8 Å². The highest BCUT2D eigenvalue weighted by molar-refractivity contribution is 7.89. The van der Waals surface area contributed by atoms with Crippen molar-refractivity contribution in [2.75, 3.05) is 0 Å². The lowest BCUT2D eigenvalue weighted by Crippen LogP contribution is -2.26. The second kappa shape index (κ2) is 8.92. The summed E-state index contributed by atoms with van der Waals surface area (Å²) in [6.07, 6.45) is 3.44. The fraction of sp³-hybridized carbons (Fsp3) is 0.200. The zero-order chi connectivity index (χ0) is 23.7. The molecule has 9 heteroatoms. The maximum atomic E-state index is 13.1. The Morgan fingerprint density at radius 1 is 1.06 bits per heavy atom. The number of sulfonamides is 1. The second-order valence-corrected chi connectivity index (χ2v) is 10.0. The predicted molar refractivity (Wildman–Crippen MR) is 127 cm³/mol. The summed E-state index contributed by atoms with van der Waals surface area (Å²) in [4.78, 5) is 13.3. The highest BCUT2D eigenvalue weighted by atomic mass is 32.2. The Morgan fingerprint density at radius 3 is 2.44 bits per heavy atom. The van der Waals surface area contributed by atoms with Crippen LogP contribution in [0.2, 0.25) is 0 Å². The summed E-state index contributed by atoms with van der Waals surface area (Å²) in [5.74, 6) is 0.926. The summed E-state index contributed by atoms with van der Waals surface area (Å²) >= 11 is 0. The van der Waals surface area contributed by atoms with Crippen LogP contribution in [0.25, 0.3) is 17.1 Å². The van der Waals surface area contributed by atoms with Crippen LogP contribution in [0.1, 0.15) is 34.5 Å². The zero-order valence-electron chi connectivity index (χ0n) is 18.6. The van der Waals surface area contributed by atoms with Gasteiger partial charge in [-0.3, -0.25) is 4.79 Å². The molecule has 0 unspecified atom stereocenters. The number of aromatic nitrogens is 2. The van der Waals surface area contributed by atoms with Crippen molar-refractivity contribution in [2.45, 2.75) is 37.2 Å². The SMILES string of the molecule is Cc1ccc(-c2nn(-c3ccccc3)cc2C(=O)NCc2ccc(S(=O)(=O)NC3CC3)cc2)o1. The normalized spacial score (nSPS) is 13.7. The number of amides is 1. The lowest BCUT2D eigenvalue weighted by molar-refractivity contribution is 0.0951. The minimum Gasteiger partial charge on any atom is -0.460 e. The first-order chi connectivity index (χ1) is 16.4. The summed E-state index contributed by atoms with van der Waals surface area (Å²) in [7, 11) is -3.50. The summed E-state index contributed by atoms with van der Waals surface area (Å²) in [5, 5.41) is 7.49. The van der Waals surface area contributed by atoms with Crippen LogP contribution in [0.15, 0.2) is 82.2 Å². The van der Waals surface area contributed by atoms with E-state index in [9.17, 15) is 13.2 Å². The van der Waals surface area contributed by atoms with Gasteiger partial charge in [0.1, 0.15) is 11.5 Å². The average Bonchev–Trinajstić information content (AvgIpc) is 3.35. The van der Waals surface area contributed by atoms with Crippen LogP contribution in [-0.4, -0.2) is 30.1 Å². The van der Waals surface area contributed by atoms with Gasteiger partial charge in [0.2, 0.25) is 10.0 Å². The molecule has 1 amide bonds. The molecular weight excluding hydrogens is 452 g/mol. The number of furan rings is 1. The van der Waals surface area contributed by atoms with Gasteiger partial charge in [-0.05, 0) is 61.7 Å². The maximum Gasteiger partial charge on any atom is 0.255 e. The van der Waals surface area contributed by atoms with Crippen molar-refractivity contribution >= 4 is 15.9 Å². The van der Waals surface area contributed by atoms with E-state index in [2.05, 4.69) is 15.1 Å². The Kier molecular flexibility index (Phi) is 5.80. The molecule has 1 aliphatic rings. The minimum absolute atomic E-state index is 0.0490. The molecule has 1 saturated carbocycles. The number of rotatable bonds is 8. The van der Waals surface area contributed by atoms with Crippen LogP contribution in [-0.2, 0) is 16.6 Å². The number of carbonyl (C=O) groups is 1. The van der Waals surface area contributed by atoms with Gasteiger partial charge in [0, 0.05) is 18.8 Å². The molecule has 8 nitrogen and oxygen atoms in total. The van der Waals surface area contributed by atoms with E-state index in [4.69, 9.17) is 4.42 Å². The molecule has 0 aliphatic heterocycles. The molecule has 0 radical (unpaired) electrons. The summed E-state index contributed by atoms with van der Waals surface area (Å²) in [5.41, 5.74) is 2.43. The Morgan fingerprint density at radius 2 is 1.79 bits per heavy atom. The first-order valence-electron chi connectivity index (χ1n) is 11.0. The van der Waals surface area contributed by atoms with E-state index in [1.54, 1.807) is 41.2 Å². The van der Waals surface area contributed by atoms with Crippen molar-refractivity contribution in [1.29, 1.82) is 0 Å². The first-order valence-corrected chi connectivity index (χ1v) is 12.5. The van der Waals surface area contributed by atoms with Gasteiger partial charge < -0.3 is 9.73 Å². The van der Waals surface area contributed by atoms with Crippen LogP contribution in [0, 0.1) is 6.92 Å². The van der Waals surface area contributed by atoms with Crippen LogP contribution < -0.4 is 10.0 Å². The second-order valence-electron chi connectivity index (χ2n) is 8.30. The molecule has 1 aliphatic carbocycles. The summed E-state index contributed by atoms with van der Waals surface area (Å²) in [6, 6.07) is 19.7. The summed E-state index contributed by atoms with van der Waals surface area (Å²) in [6.45, 7) is 2.07. The third kappa shape index (κ3) is 4.80. The monoisotopic (exact) mass is 476 g/mol. The number of hydrogen-bond donors (Lipinski definition) is 2. The topological polar surface area (TPSA) is 106 Å². The van der Waals surface area contributed by atoms with E-state index in [0.29, 0.717) is 17.0 Å². The zero-order valence-corrected chi connectivity index (χ0v) is 19.4. The molecule has 2 aromatic carbocycles. The molecule has 0 saturated heterocycles. The van der Waals surface area contributed by atoms with Crippen LogP contribution in [0.5, 0.6) is 0 Å². The molecule has 1 fully saturated rings. The Hall–Kier alpha value is -3.69. The van der Waals surface area contributed by atoms with Crippen LogP contribution >= 0.6 is 0 Å². The van der Waals surface area contributed by atoms with Crippen LogP contribution in [0.3, 0.4) is 0 Å². The Labute approximate surface area is 197 Å². The molecule has 2 aromatic heterocycles. The fourth-order valence-electron chi connectivity index (χ4n) is 3.55. The van der Waals surface area contributed by atoms with E-state index in [0.717, 1.165) is 29.9 Å². The van der Waals surface area contributed by atoms with E-state index in [1.807, 2.05) is 43.3 Å². The van der Waals surface area contributed by atoms with Gasteiger partial charge in [-0.2, -0.15) is 5.10 Å². The number of benzene rings is 2. The maximum absolute atomic E-state index is 13.1. The van der Waals surface area contributed by atoms with Gasteiger partial charge in [-0.25, -0.2) is 17.8 Å². The first kappa shape index (κ1) is 22.1. The number of nitrogens with zero attached hydrogens (tertiary/aromatic N) is 2. The van der Waals surface area contributed by atoms with Crippen molar-refractivity contribution < 1.29 is 17.6 Å². The lowest BCUT2D eigenvalue weighted by Gasteiger charge is -2.08. The van der Waals surface area contributed by atoms with Crippen molar-refractivity contribution in [3.8, 4) is 17.1 Å². The van der Waals surface area contributed by atoms with E-state index >= 15 is 0 Å². The molecule has 2 N–H and O–H groups in total. The largest absolute Gasteiger partial charge is 0.460 e. The molecule has 5 rings (SSSR count). The number of carbonyl (C=O) groups excluding carboxylic acids is 1. The average molecular weight is 477 g/mol. The number of aryl methyl sites for hydroxylation is 1. The van der Waals surface area contributed by atoms with Gasteiger partial charge in [0.05, 0.1) is 16.1 Å². The minimum atomic E-state index is -3.50. The third-order valence-corrected chi connectivity index (χ3v) is 7.08. The molecule has 0 spiro atoms. The summed E-state index contributed by atoms with van der Waals surface area (Å²) < 4.78 is 34.7. The smallest absolute Gasteiger partial charge is 0.255 e. The lowest BCUT2D eigenvalue weighted by atomic mass is 10.2. The standard InChI is InChI=1S/C25H24N4O4S/c1-17-7-14-23(33-17)24-22(16-29(27-24)20-5-3-2-4-6-20)25(30)26-15-18-8-12-21(13-9-18)34(31,32)28-19-10-11-19/h2-9,12-14,16,19,28H,10-11,15H2,1H3,(H,26,30). The van der Waals surface area contributed by atoms with Gasteiger partial charge in [0.15, 0.2) is 5.76 Å². The molecule has 0 atom stereocenters. The Bertz CT molecular complexity index is 1420.